The second kappa shape index (κ2) is 5.14. The van der Waals surface area contributed by atoms with Crippen LogP contribution < -0.4 is 4.74 Å². The Morgan fingerprint density at radius 3 is 2.31 bits per heavy atom. The fraction of sp³-hybridized carbons (Fsp3) is 0.0769. The number of aliphatic hydroxyl groups excluding tert-OH is 1. The van der Waals surface area contributed by atoms with E-state index < -0.39 is 0 Å². The van der Waals surface area contributed by atoms with Gasteiger partial charge in [-0.15, -0.1) is 0 Å². The minimum atomic E-state index is 0.0509. The van der Waals surface area contributed by atoms with Crippen molar-refractivity contribution < 1.29 is 9.84 Å². The topological polar surface area (TPSA) is 29.5 Å². The number of aliphatic hydroxyl groups is 1. The number of hydrogen-bond acceptors (Lipinski definition) is 2. The first-order valence-corrected chi connectivity index (χ1v) is 5.71. The zero-order chi connectivity index (χ0) is 11.4. The van der Waals surface area contributed by atoms with E-state index >= 15 is 0 Å². The Morgan fingerprint density at radius 1 is 1.00 bits per heavy atom. The largest absolute Gasteiger partial charge is 0.456 e. The fourth-order valence-electron chi connectivity index (χ4n) is 1.32. The van der Waals surface area contributed by atoms with Crippen LogP contribution in [-0.2, 0) is 6.61 Å². The molecule has 0 saturated heterocycles. The van der Waals surface area contributed by atoms with Crippen LogP contribution in [0.1, 0.15) is 5.56 Å². The van der Waals surface area contributed by atoms with Gasteiger partial charge in [0.15, 0.2) is 0 Å². The van der Waals surface area contributed by atoms with Crippen molar-refractivity contribution in [3.63, 3.8) is 0 Å². The summed E-state index contributed by atoms with van der Waals surface area (Å²) in [4.78, 5) is 0. The van der Waals surface area contributed by atoms with Crippen molar-refractivity contribution >= 4 is 15.9 Å². The zero-order valence-electron chi connectivity index (χ0n) is 8.56. The molecule has 1 N–H and O–H groups in total. The van der Waals surface area contributed by atoms with Crippen molar-refractivity contribution in [3.05, 3.63) is 58.6 Å². The Hall–Kier alpha value is -1.32. The summed E-state index contributed by atoms with van der Waals surface area (Å²) in [5, 5.41) is 8.91. The standard InChI is InChI=1S/C13H11BrO2/c14-12-3-1-2-4-13(12)16-11-7-5-10(9-15)6-8-11/h1-8,15H,9H2. The smallest absolute Gasteiger partial charge is 0.141 e. The van der Waals surface area contributed by atoms with E-state index in [-0.39, 0.29) is 6.61 Å². The lowest BCUT2D eigenvalue weighted by molar-refractivity contribution is 0.281. The van der Waals surface area contributed by atoms with Gasteiger partial charge in [0.2, 0.25) is 0 Å². The predicted molar refractivity (Wildman–Crippen MR) is 66.6 cm³/mol. The molecule has 0 aromatic heterocycles. The summed E-state index contributed by atoms with van der Waals surface area (Å²) in [6, 6.07) is 15.0. The molecule has 0 aliphatic heterocycles. The lowest BCUT2D eigenvalue weighted by Gasteiger charge is -2.07. The summed E-state index contributed by atoms with van der Waals surface area (Å²) in [7, 11) is 0. The number of rotatable bonds is 3. The Morgan fingerprint density at radius 2 is 1.69 bits per heavy atom. The Balaban J connectivity index is 2.18. The minimum absolute atomic E-state index is 0.0509. The number of para-hydroxylation sites is 1. The van der Waals surface area contributed by atoms with Crippen molar-refractivity contribution in [2.45, 2.75) is 6.61 Å². The molecule has 0 heterocycles. The SMILES string of the molecule is OCc1ccc(Oc2ccccc2Br)cc1. The molecule has 0 aliphatic rings. The van der Waals surface area contributed by atoms with Gasteiger partial charge in [0.1, 0.15) is 11.5 Å². The molecule has 0 saturated carbocycles. The first kappa shape index (κ1) is 11.2. The summed E-state index contributed by atoms with van der Waals surface area (Å²) in [6.45, 7) is 0.0509. The third kappa shape index (κ3) is 2.62. The highest BCUT2D eigenvalue weighted by Crippen LogP contribution is 2.29. The molecule has 2 nitrogen and oxygen atoms in total. The van der Waals surface area contributed by atoms with E-state index in [2.05, 4.69) is 15.9 Å². The normalized spacial score (nSPS) is 10.1. The average molecular weight is 279 g/mol. The maximum atomic E-state index is 8.91. The second-order valence-electron chi connectivity index (χ2n) is 3.33. The van der Waals surface area contributed by atoms with Gasteiger partial charge in [-0.2, -0.15) is 0 Å². The van der Waals surface area contributed by atoms with E-state index in [0.717, 1.165) is 21.5 Å². The van der Waals surface area contributed by atoms with Gasteiger partial charge in [-0.3, -0.25) is 0 Å². The Bertz CT molecular complexity index is 466. The Kier molecular flexibility index (Phi) is 3.59. The molecule has 2 rings (SSSR count). The monoisotopic (exact) mass is 278 g/mol. The predicted octanol–water partition coefficient (Wildman–Crippen LogP) is 3.73. The first-order valence-electron chi connectivity index (χ1n) is 4.92. The van der Waals surface area contributed by atoms with E-state index in [1.807, 2.05) is 48.5 Å². The van der Waals surface area contributed by atoms with Crippen LogP contribution in [0.4, 0.5) is 0 Å². The van der Waals surface area contributed by atoms with Gasteiger partial charge < -0.3 is 9.84 Å². The van der Waals surface area contributed by atoms with Crippen molar-refractivity contribution in [1.82, 2.24) is 0 Å². The molecular formula is C13H11BrO2. The highest BCUT2D eigenvalue weighted by Gasteiger charge is 2.01. The van der Waals surface area contributed by atoms with Gasteiger partial charge >= 0.3 is 0 Å². The van der Waals surface area contributed by atoms with Gasteiger partial charge in [-0.05, 0) is 45.8 Å². The van der Waals surface area contributed by atoms with E-state index in [4.69, 9.17) is 9.84 Å². The molecule has 2 aromatic carbocycles. The molecule has 0 bridgehead atoms. The maximum absolute atomic E-state index is 8.91. The number of benzene rings is 2. The highest BCUT2D eigenvalue weighted by molar-refractivity contribution is 9.10. The summed E-state index contributed by atoms with van der Waals surface area (Å²) < 4.78 is 6.60. The summed E-state index contributed by atoms with van der Waals surface area (Å²) >= 11 is 3.42. The van der Waals surface area contributed by atoms with Crippen LogP contribution in [-0.4, -0.2) is 5.11 Å². The summed E-state index contributed by atoms with van der Waals surface area (Å²) in [6.07, 6.45) is 0. The van der Waals surface area contributed by atoms with Crippen LogP contribution >= 0.6 is 15.9 Å². The van der Waals surface area contributed by atoms with E-state index in [9.17, 15) is 0 Å². The molecule has 0 radical (unpaired) electrons. The van der Waals surface area contributed by atoms with Crippen molar-refractivity contribution in [1.29, 1.82) is 0 Å². The van der Waals surface area contributed by atoms with Gasteiger partial charge in [0, 0.05) is 0 Å². The fourth-order valence-corrected chi connectivity index (χ4v) is 1.68. The van der Waals surface area contributed by atoms with Crippen molar-refractivity contribution in [2.75, 3.05) is 0 Å². The quantitative estimate of drug-likeness (QED) is 0.927. The van der Waals surface area contributed by atoms with E-state index in [0.29, 0.717) is 0 Å². The van der Waals surface area contributed by atoms with Gasteiger partial charge in [-0.25, -0.2) is 0 Å². The molecule has 16 heavy (non-hydrogen) atoms. The van der Waals surface area contributed by atoms with E-state index in [1.54, 1.807) is 0 Å². The summed E-state index contributed by atoms with van der Waals surface area (Å²) in [5.74, 6) is 1.53. The molecule has 0 aliphatic carbocycles. The highest BCUT2D eigenvalue weighted by atomic mass is 79.9. The van der Waals surface area contributed by atoms with Gasteiger partial charge in [0.25, 0.3) is 0 Å². The molecular weight excluding hydrogens is 268 g/mol. The van der Waals surface area contributed by atoms with E-state index in [1.165, 1.54) is 0 Å². The maximum Gasteiger partial charge on any atom is 0.141 e. The molecule has 2 aromatic rings. The third-order valence-electron chi connectivity index (χ3n) is 2.17. The molecule has 82 valence electrons. The van der Waals surface area contributed by atoms with Crippen LogP contribution in [0.15, 0.2) is 53.0 Å². The lowest BCUT2D eigenvalue weighted by Crippen LogP contribution is -1.86. The number of halogens is 1. The van der Waals surface area contributed by atoms with Crippen LogP contribution in [0.5, 0.6) is 11.5 Å². The molecule has 0 spiro atoms. The number of ether oxygens (including phenoxy) is 1. The molecule has 0 atom stereocenters. The van der Waals surface area contributed by atoms with Crippen LogP contribution in [0, 0.1) is 0 Å². The molecule has 0 unspecified atom stereocenters. The van der Waals surface area contributed by atoms with Gasteiger partial charge in [-0.1, -0.05) is 24.3 Å². The zero-order valence-corrected chi connectivity index (χ0v) is 10.1. The van der Waals surface area contributed by atoms with Crippen molar-refractivity contribution in [3.8, 4) is 11.5 Å². The van der Waals surface area contributed by atoms with Crippen LogP contribution in [0.25, 0.3) is 0 Å². The molecule has 0 fully saturated rings. The minimum Gasteiger partial charge on any atom is -0.456 e. The third-order valence-corrected chi connectivity index (χ3v) is 2.83. The average Bonchev–Trinajstić information content (AvgIpc) is 2.33. The second-order valence-corrected chi connectivity index (χ2v) is 4.19. The van der Waals surface area contributed by atoms with Crippen molar-refractivity contribution in [2.24, 2.45) is 0 Å². The van der Waals surface area contributed by atoms with Crippen LogP contribution in [0.3, 0.4) is 0 Å². The number of hydrogen-bond donors (Lipinski definition) is 1. The van der Waals surface area contributed by atoms with Gasteiger partial charge in [0.05, 0.1) is 11.1 Å². The molecule has 0 amide bonds. The Labute approximate surface area is 103 Å². The first-order chi connectivity index (χ1) is 7.79. The summed E-state index contributed by atoms with van der Waals surface area (Å²) in [5.41, 5.74) is 0.875. The van der Waals surface area contributed by atoms with Crippen LogP contribution in [0.2, 0.25) is 0 Å². The lowest BCUT2D eigenvalue weighted by atomic mass is 10.2. The molecule has 3 heteroatoms.